The second kappa shape index (κ2) is 9.28. The first-order chi connectivity index (χ1) is 9.20. The molecule has 1 rings (SSSR count). The first-order valence-corrected chi connectivity index (χ1v) is 7.33. The molecule has 1 atom stereocenters. The van der Waals surface area contributed by atoms with Crippen LogP contribution in [0.25, 0.3) is 0 Å². The van der Waals surface area contributed by atoms with Crippen LogP contribution in [0.4, 0.5) is 0 Å². The SMILES string of the molecule is COCCN(CCO)C(C)C(=O)N1CCCCCC1. The normalized spacial score (nSPS) is 18.4. The quantitative estimate of drug-likeness (QED) is 0.742. The molecular formula is C14H28N2O3. The Labute approximate surface area is 116 Å². The monoisotopic (exact) mass is 272 g/mol. The number of hydrogen-bond acceptors (Lipinski definition) is 4. The van der Waals surface area contributed by atoms with E-state index in [9.17, 15) is 4.79 Å². The van der Waals surface area contributed by atoms with Gasteiger partial charge in [0, 0.05) is 33.3 Å². The van der Waals surface area contributed by atoms with Crippen molar-refractivity contribution < 1.29 is 14.6 Å². The molecule has 1 unspecified atom stereocenters. The molecule has 1 amide bonds. The van der Waals surface area contributed by atoms with E-state index in [4.69, 9.17) is 9.84 Å². The molecule has 0 spiro atoms. The van der Waals surface area contributed by atoms with Crippen LogP contribution in [-0.2, 0) is 9.53 Å². The number of carbonyl (C=O) groups is 1. The Hall–Kier alpha value is -0.650. The Morgan fingerprint density at radius 3 is 2.42 bits per heavy atom. The highest BCUT2D eigenvalue weighted by Gasteiger charge is 2.25. The molecule has 5 nitrogen and oxygen atoms in total. The van der Waals surface area contributed by atoms with Gasteiger partial charge in [0.05, 0.1) is 19.3 Å². The van der Waals surface area contributed by atoms with Crippen LogP contribution in [0.3, 0.4) is 0 Å². The summed E-state index contributed by atoms with van der Waals surface area (Å²) in [5.41, 5.74) is 0. The number of nitrogens with zero attached hydrogens (tertiary/aromatic N) is 2. The third kappa shape index (κ3) is 5.47. The van der Waals surface area contributed by atoms with Crippen LogP contribution in [0.2, 0.25) is 0 Å². The van der Waals surface area contributed by atoms with Crippen molar-refractivity contribution in [3.63, 3.8) is 0 Å². The first kappa shape index (κ1) is 16.4. The number of hydrogen-bond donors (Lipinski definition) is 1. The van der Waals surface area contributed by atoms with Crippen molar-refractivity contribution >= 4 is 5.91 Å². The number of rotatable bonds is 7. The van der Waals surface area contributed by atoms with E-state index < -0.39 is 0 Å². The zero-order valence-corrected chi connectivity index (χ0v) is 12.3. The van der Waals surface area contributed by atoms with Gasteiger partial charge >= 0.3 is 0 Å². The smallest absolute Gasteiger partial charge is 0.239 e. The van der Waals surface area contributed by atoms with E-state index in [1.165, 1.54) is 12.8 Å². The van der Waals surface area contributed by atoms with Gasteiger partial charge in [-0.2, -0.15) is 0 Å². The average Bonchev–Trinajstić information content (AvgIpc) is 2.70. The largest absolute Gasteiger partial charge is 0.395 e. The highest BCUT2D eigenvalue weighted by atomic mass is 16.5. The number of carbonyl (C=O) groups excluding carboxylic acids is 1. The van der Waals surface area contributed by atoms with Crippen LogP contribution in [0.5, 0.6) is 0 Å². The summed E-state index contributed by atoms with van der Waals surface area (Å²) in [5, 5.41) is 9.11. The minimum atomic E-state index is -0.180. The molecular weight excluding hydrogens is 244 g/mol. The highest BCUT2D eigenvalue weighted by Crippen LogP contribution is 2.12. The molecule has 1 saturated heterocycles. The molecule has 0 aromatic carbocycles. The van der Waals surface area contributed by atoms with Gasteiger partial charge in [-0.25, -0.2) is 0 Å². The lowest BCUT2D eigenvalue weighted by Crippen LogP contribution is -2.49. The molecule has 1 fully saturated rings. The minimum absolute atomic E-state index is 0.0708. The van der Waals surface area contributed by atoms with Crippen LogP contribution in [-0.4, -0.2) is 73.4 Å². The van der Waals surface area contributed by atoms with Crippen molar-refractivity contribution in [1.29, 1.82) is 0 Å². The Balaban J connectivity index is 2.54. The Kier molecular flexibility index (Phi) is 8.02. The van der Waals surface area contributed by atoms with Crippen LogP contribution < -0.4 is 0 Å². The second-order valence-corrected chi connectivity index (χ2v) is 5.17. The van der Waals surface area contributed by atoms with Gasteiger partial charge in [-0.15, -0.1) is 0 Å². The van der Waals surface area contributed by atoms with E-state index in [0.29, 0.717) is 19.7 Å². The fourth-order valence-electron chi connectivity index (χ4n) is 2.55. The standard InChI is InChI=1S/C14H28N2O3/c1-13(15(9-11-17)10-12-19-2)14(18)16-7-5-3-4-6-8-16/h13,17H,3-12H2,1-2H3. The summed E-state index contributed by atoms with van der Waals surface area (Å²) in [6.07, 6.45) is 4.66. The fraction of sp³-hybridized carbons (Fsp3) is 0.929. The Morgan fingerprint density at radius 1 is 1.26 bits per heavy atom. The zero-order chi connectivity index (χ0) is 14.1. The van der Waals surface area contributed by atoms with Crippen molar-refractivity contribution in [3.8, 4) is 0 Å². The summed E-state index contributed by atoms with van der Waals surface area (Å²) in [6.45, 7) is 5.53. The molecule has 1 aliphatic rings. The van der Waals surface area contributed by atoms with Crippen molar-refractivity contribution in [2.45, 2.75) is 38.6 Å². The maximum atomic E-state index is 12.5. The molecule has 1 aliphatic heterocycles. The number of likely N-dealkylation sites (tertiary alicyclic amines) is 1. The summed E-state index contributed by atoms with van der Waals surface area (Å²) in [4.78, 5) is 16.5. The molecule has 0 saturated carbocycles. The Morgan fingerprint density at radius 2 is 1.89 bits per heavy atom. The number of aliphatic hydroxyl groups excluding tert-OH is 1. The van der Waals surface area contributed by atoms with E-state index in [2.05, 4.69) is 0 Å². The zero-order valence-electron chi connectivity index (χ0n) is 12.3. The second-order valence-electron chi connectivity index (χ2n) is 5.17. The van der Waals surface area contributed by atoms with E-state index in [-0.39, 0.29) is 18.6 Å². The van der Waals surface area contributed by atoms with E-state index in [1.54, 1.807) is 7.11 Å². The molecule has 1 N–H and O–H groups in total. The van der Waals surface area contributed by atoms with Gasteiger partial charge in [-0.05, 0) is 19.8 Å². The summed E-state index contributed by atoms with van der Waals surface area (Å²) in [7, 11) is 1.65. The van der Waals surface area contributed by atoms with Crippen molar-refractivity contribution in [2.75, 3.05) is 46.5 Å². The van der Waals surface area contributed by atoms with Crippen LogP contribution >= 0.6 is 0 Å². The molecule has 19 heavy (non-hydrogen) atoms. The average molecular weight is 272 g/mol. The number of aliphatic hydroxyl groups is 1. The van der Waals surface area contributed by atoms with E-state index in [1.807, 2.05) is 16.7 Å². The number of methoxy groups -OCH3 is 1. The highest BCUT2D eigenvalue weighted by molar-refractivity contribution is 5.81. The topological polar surface area (TPSA) is 53.0 Å². The van der Waals surface area contributed by atoms with Gasteiger partial charge < -0.3 is 14.7 Å². The van der Waals surface area contributed by atoms with Gasteiger partial charge in [-0.1, -0.05) is 12.8 Å². The predicted molar refractivity (Wildman–Crippen MR) is 75.0 cm³/mol. The van der Waals surface area contributed by atoms with E-state index in [0.717, 1.165) is 25.9 Å². The molecule has 0 radical (unpaired) electrons. The Bertz CT molecular complexity index is 253. The van der Waals surface area contributed by atoms with Gasteiger partial charge in [0.25, 0.3) is 0 Å². The molecule has 112 valence electrons. The van der Waals surface area contributed by atoms with Crippen molar-refractivity contribution in [3.05, 3.63) is 0 Å². The lowest BCUT2D eigenvalue weighted by Gasteiger charge is -2.31. The number of amides is 1. The van der Waals surface area contributed by atoms with Crippen molar-refractivity contribution in [1.82, 2.24) is 9.80 Å². The molecule has 0 aromatic heterocycles. The third-order valence-corrected chi connectivity index (χ3v) is 3.79. The molecule has 0 bridgehead atoms. The molecule has 0 aromatic rings. The number of ether oxygens (including phenoxy) is 1. The maximum Gasteiger partial charge on any atom is 0.239 e. The molecule has 0 aliphatic carbocycles. The van der Waals surface area contributed by atoms with Gasteiger partial charge in [0.15, 0.2) is 0 Å². The third-order valence-electron chi connectivity index (χ3n) is 3.79. The minimum Gasteiger partial charge on any atom is -0.395 e. The first-order valence-electron chi connectivity index (χ1n) is 7.33. The lowest BCUT2D eigenvalue weighted by atomic mass is 10.2. The summed E-state index contributed by atoms with van der Waals surface area (Å²) in [5.74, 6) is 0.187. The predicted octanol–water partition coefficient (Wildman–Crippen LogP) is 0.718. The summed E-state index contributed by atoms with van der Waals surface area (Å²) >= 11 is 0. The fourth-order valence-corrected chi connectivity index (χ4v) is 2.55. The summed E-state index contributed by atoms with van der Waals surface area (Å²) in [6, 6.07) is -0.180. The summed E-state index contributed by atoms with van der Waals surface area (Å²) < 4.78 is 5.07. The van der Waals surface area contributed by atoms with Crippen LogP contribution in [0.15, 0.2) is 0 Å². The van der Waals surface area contributed by atoms with Gasteiger partial charge in [-0.3, -0.25) is 9.69 Å². The van der Waals surface area contributed by atoms with Gasteiger partial charge in [0.1, 0.15) is 0 Å². The van der Waals surface area contributed by atoms with Crippen LogP contribution in [0, 0.1) is 0 Å². The maximum absolute atomic E-state index is 12.5. The van der Waals surface area contributed by atoms with E-state index >= 15 is 0 Å². The van der Waals surface area contributed by atoms with Crippen molar-refractivity contribution in [2.24, 2.45) is 0 Å². The molecule has 5 heteroatoms. The molecule has 1 heterocycles. The van der Waals surface area contributed by atoms with Crippen LogP contribution in [0.1, 0.15) is 32.6 Å². The van der Waals surface area contributed by atoms with Gasteiger partial charge in [0.2, 0.25) is 5.91 Å². The lowest BCUT2D eigenvalue weighted by molar-refractivity contribution is -0.136.